The van der Waals surface area contributed by atoms with Crippen LogP contribution in [0.4, 0.5) is 0 Å². The van der Waals surface area contributed by atoms with E-state index >= 15 is 0 Å². The first-order valence-electron chi connectivity index (χ1n) is 9.14. The van der Waals surface area contributed by atoms with Crippen molar-refractivity contribution >= 4 is 27.5 Å². The van der Waals surface area contributed by atoms with Crippen LogP contribution in [-0.4, -0.2) is 62.8 Å². The van der Waals surface area contributed by atoms with Gasteiger partial charge in [-0.25, -0.2) is 8.42 Å². The lowest BCUT2D eigenvalue weighted by molar-refractivity contribution is -0.126. The van der Waals surface area contributed by atoms with Crippen LogP contribution in [0.25, 0.3) is 0 Å². The monoisotopic (exact) mass is 401 g/mol. The number of carbonyl (C=O) groups is 1. The molecule has 1 aromatic rings. The zero-order chi connectivity index (χ0) is 19.2. The third-order valence-electron chi connectivity index (χ3n) is 4.90. The molecule has 0 atom stereocenters. The topological polar surface area (TPSA) is 69.7 Å². The van der Waals surface area contributed by atoms with Crippen LogP contribution < -0.4 is 5.32 Å². The Labute approximate surface area is 161 Å². The molecule has 26 heavy (non-hydrogen) atoms. The minimum atomic E-state index is -3.53. The second kappa shape index (κ2) is 9.69. The highest BCUT2D eigenvalue weighted by Gasteiger charge is 2.31. The minimum absolute atomic E-state index is 0.0284. The number of likely N-dealkylation sites (N-methyl/N-ethyl adjacent to an activating group) is 1. The molecule has 0 radical (unpaired) electrons. The maximum absolute atomic E-state index is 12.7. The average Bonchev–Trinajstić information content (AvgIpc) is 2.65. The Morgan fingerprint density at radius 1 is 1.19 bits per heavy atom. The van der Waals surface area contributed by atoms with Crippen molar-refractivity contribution in [1.29, 1.82) is 0 Å². The van der Waals surface area contributed by atoms with Gasteiger partial charge in [-0.2, -0.15) is 4.31 Å². The van der Waals surface area contributed by atoms with E-state index in [0.29, 0.717) is 37.5 Å². The molecule has 0 spiro atoms. The number of hydrogen-bond acceptors (Lipinski definition) is 4. The minimum Gasteiger partial charge on any atom is -0.355 e. The number of nitrogens with one attached hydrogen (secondary N) is 1. The first-order chi connectivity index (χ1) is 12.4. The van der Waals surface area contributed by atoms with Gasteiger partial charge in [-0.3, -0.25) is 4.79 Å². The van der Waals surface area contributed by atoms with Crippen LogP contribution in [-0.2, 0) is 14.8 Å². The van der Waals surface area contributed by atoms with Crippen molar-refractivity contribution in [2.75, 3.05) is 39.3 Å². The maximum atomic E-state index is 12.7. The van der Waals surface area contributed by atoms with Crippen LogP contribution in [0.3, 0.4) is 0 Å². The van der Waals surface area contributed by atoms with Crippen molar-refractivity contribution in [3.63, 3.8) is 0 Å². The number of benzene rings is 1. The van der Waals surface area contributed by atoms with Gasteiger partial charge in [-0.1, -0.05) is 25.4 Å². The Morgan fingerprint density at radius 3 is 2.31 bits per heavy atom. The molecule has 0 saturated carbocycles. The molecule has 0 aromatic heterocycles. The summed E-state index contributed by atoms with van der Waals surface area (Å²) >= 11 is 5.83. The van der Waals surface area contributed by atoms with Crippen LogP contribution in [0.15, 0.2) is 29.2 Å². The molecule has 2 rings (SSSR count). The van der Waals surface area contributed by atoms with Crippen molar-refractivity contribution in [3.8, 4) is 0 Å². The normalized spacial score (nSPS) is 16.8. The standard InChI is InChI=1S/C18H28ClN3O3S/c1-3-21(4-2)14-11-20-18(23)15-9-12-22(13-10-15)26(24,25)17-7-5-16(19)6-8-17/h5-8,15H,3-4,9-14H2,1-2H3,(H,20,23). The Morgan fingerprint density at radius 2 is 1.77 bits per heavy atom. The number of amides is 1. The summed E-state index contributed by atoms with van der Waals surface area (Å²) in [6, 6.07) is 6.18. The van der Waals surface area contributed by atoms with Crippen molar-refractivity contribution in [2.45, 2.75) is 31.6 Å². The van der Waals surface area contributed by atoms with E-state index in [1.54, 1.807) is 12.1 Å². The van der Waals surface area contributed by atoms with Crippen LogP contribution in [0, 0.1) is 5.92 Å². The molecular formula is C18H28ClN3O3S. The molecule has 8 heteroatoms. The van der Waals surface area contributed by atoms with Gasteiger partial charge in [-0.05, 0) is 50.2 Å². The summed E-state index contributed by atoms with van der Waals surface area (Å²) in [4.78, 5) is 14.8. The molecule has 146 valence electrons. The van der Waals surface area contributed by atoms with Gasteiger partial charge in [0, 0.05) is 37.1 Å². The summed E-state index contributed by atoms with van der Waals surface area (Å²) < 4.78 is 26.8. The molecule has 1 aliphatic rings. The molecule has 1 heterocycles. The van der Waals surface area contributed by atoms with Gasteiger partial charge in [0.05, 0.1) is 4.90 Å². The zero-order valence-electron chi connectivity index (χ0n) is 15.4. The molecule has 0 bridgehead atoms. The first-order valence-corrected chi connectivity index (χ1v) is 11.0. The summed E-state index contributed by atoms with van der Waals surface area (Å²) in [6.07, 6.45) is 1.09. The van der Waals surface area contributed by atoms with E-state index in [4.69, 9.17) is 11.6 Å². The molecule has 6 nitrogen and oxygen atoms in total. The van der Waals surface area contributed by atoms with Gasteiger partial charge >= 0.3 is 0 Å². The van der Waals surface area contributed by atoms with E-state index in [-0.39, 0.29) is 16.7 Å². The van der Waals surface area contributed by atoms with Gasteiger partial charge in [0.25, 0.3) is 0 Å². The molecule has 1 amide bonds. The zero-order valence-corrected chi connectivity index (χ0v) is 17.0. The average molecular weight is 402 g/mol. The van der Waals surface area contributed by atoms with Gasteiger partial charge in [-0.15, -0.1) is 0 Å². The lowest BCUT2D eigenvalue weighted by Gasteiger charge is -2.30. The number of carbonyl (C=O) groups excluding carboxylic acids is 1. The van der Waals surface area contributed by atoms with Gasteiger partial charge in [0.15, 0.2) is 0 Å². The van der Waals surface area contributed by atoms with E-state index < -0.39 is 10.0 Å². The van der Waals surface area contributed by atoms with Crippen LogP contribution in [0.5, 0.6) is 0 Å². The van der Waals surface area contributed by atoms with E-state index in [0.717, 1.165) is 19.6 Å². The van der Waals surface area contributed by atoms with Gasteiger partial charge < -0.3 is 10.2 Å². The summed E-state index contributed by atoms with van der Waals surface area (Å²) in [6.45, 7) is 8.31. The SMILES string of the molecule is CCN(CC)CCNC(=O)C1CCN(S(=O)(=O)c2ccc(Cl)cc2)CC1. The Bertz CT molecular complexity index is 682. The van der Waals surface area contributed by atoms with Crippen molar-refractivity contribution in [2.24, 2.45) is 5.92 Å². The number of rotatable bonds is 8. The molecule has 1 fully saturated rings. The largest absolute Gasteiger partial charge is 0.355 e. The summed E-state index contributed by atoms with van der Waals surface area (Å²) in [5, 5.41) is 3.48. The molecule has 0 unspecified atom stereocenters. The van der Waals surface area contributed by atoms with Crippen LogP contribution >= 0.6 is 11.6 Å². The molecule has 0 aliphatic carbocycles. The highest BCUT2D eigenvalue weighted by molar-refractivity contribution is 7.89. The van der Waals surface area contributed by atoms with Crippen molar-refractivity contribution in [3.05, 3.63) is 29.3 Å². The molecular weight excluding hydrogens is 374 g/mol. The third kappa shape index (κ3) is 5.42. The van der Waals surface area contributed by atoms with Crippen molar-refractivity contribution in [1.82, 2.24) is 14.5 Å². The fourth-order valence-electron chi connectivity index (χ4n) is 3.14. The fraction of sp³-hybridized carbons (Fsp3) is 0.611. The van der Waals surface area contributed by atoms with Crippen molar-refractivity contribution < 1.29 is 13.2 Å². The molecule has 1 aliphatic heterocycles. The number of hydrogen-bond donors (Lipinski definition) is 1. The lowest BCUT2D eigenvalue weighted by atomic mass is 9.97. The summed E-state index contributed by atoms with van der Waals surface area (Å²) in [7, 11) is -3.53. The van der Waals surface area contributed by atoms with Gasteiger partial charge in [0.2, 0.25) is 15.9 Å². The number of nitrogens with zero attached hydrogens (tertiary/aromatic N) is 2. The third-order valence-corrected chi connectivity index (χ3v) is 7.06. The highest BCUT2D eigenvalue weighted by atomic mass is 35.5. The van der Waals surface area contributed by atoms with E-state index in [2.05, 4.69) is 24.1 Å². The van der Waals surface area contributed by atoms with Crippen LogP contribution in [0.2, 0.25) is 5.02 Å². The van der Waals surface area contributed by atoms with E-state index in [1.807, 2.05) is 0 Å². The Balaban J connectivity index is 1.84. The second-order valence-electron chi connectivity index (χ2n) is 6.45. The predicted molar refractivity (Wildman–Crippen MR) is 104 cm³/mol. The van der Waals surface area contributed by atoms with E-state index in [1.165, 1.54) is 16.4 Å². The Hall–Kier alpha value is -1.15. The quantitative estimate of drug-likeness (QED) is 0.725. The van der Waals surface area contributed by atoms with E-state index in [9.17, 15) is 13.2 Å². The Kier molecular flexibility index (Phi) is 7.88. The number of halogens is 1. The summed E-state index contributed by atoms with van der Waals surface area (Å²) in [5.41, 5.74) is 0. The molecule has 1 N–H and O–H groups in total. The van der Waals surface area contributed by atoms with Gasteiger partial charge in [0.1, 0.15) is 0 Å². The fourth-order valence-corrected chi connectivity index (χ4v) is 4.73. The molecule has 1 aromatic carbocycles. The van der Waals surface area contributed by atoms with Crippen LogP contribution in [0.1, 0.15) is 26.7 Å². The second-order valence-corrected chi connectivity index (χ2v) is 8.82. The summed E-state index contributed by atoms with van der Waals surface area (Å²) in [5.74, 6) is -0.0935. The number of sulfonamides is 1. The highest BCUT2D eigenvalue weighted by Crippen LogP contribution is 2.24. The molecule has 1 saturated heterocycles. The maximum Gasteiger partial charge on any atom is 0.243 e. The smallest absolute Gasteiger partial charge is 0.243 e. The first kappa shape index (κ1) is 21.2. The predicted octanol–water partition coefficient (Wildman–Crippen LogP) is 2.20. The lowest BCUT2D eigenvalue weighted by Crippen LogP contribution is -2.44. The number of piperidine rings is 1.